The molecular weight excluding hydrogens is 141 g/mol. The van der Waals surface area contributed by atoms with Gasteiger partial charge in [-0.2, -0.15) is 0 Å². The maximum absolute atomic E-state index is 12.7. The largest absolute Gasteiger partial charge is 0.399 e. The molecule has 11 heavy (non-hydrogen) atoms. The van der Waals surface area contributed by atoms with Crippen LogP contribution < -0.4 is 5.73 Å². The highest BCUT2D eigenvalue weighted by Crippen LogP contribution is 2.20. The zero-order valence-electron chi connectivity index (χ0n) is 6.76. The van der Waals surface area contributed by atoms with Gasteiger partial charge < -0.3 is 5.73 Å². The fraction of sp³-hybridized carbons (Fsp3) is 0.333. The van der Waals surface area contributed by atoms with Gasteiger partial charge in [0.2, 0.25) is 0 Å². The highest BCUT2D eigenvalue weighted by molar-refractivity contribution is 5.47. The third-order valence-corrected chi connectivity index (χ3v) is 1.75. The van der Waals surface area contributed by atoms with Crippen LogP contribution in [0.3, 0.4) is 0 Å². The summed E-state index contributed by atoms with van der Waals surface area (Å²) in [5.41, 5.74) is 7.91. The minimum atomic E-state index is -0.908. The summed E-state index contributed by atoms with van der Waals surface area (Å²) in [5, 5.41) is 0. The van der Waals surface area contributed by atoms with E-state index in [4.69, 9.17) is 5.73 Å². The molecule has 0 saturated carbocycles. The number of hydrogen-bond donors (Lipinski definition) is 1. The number of alkyl halides is 1. The summed E-state index contributed by atoms with van der Waals surface area (Å²) in [6.07, 6.45) is -0.908. The van der Waals surface area contributed by atoms with Crippen LogP contribution in [0.1, 0.15) is 24.2 Å². The molecule has 60 valence electrons. The van der Waals surface area contributed by atoms with Crippen LogP contribution in [0.2, 0.25) is 0 Å². The molecule has 0 bridgehead atoms. The fourth-order valence-electron chi connectivity index (χ4n) is 0.946. The average Bonchev–Trinajstić information content (AvgIpc) is 1.94. The second-order valence-electron chi connectivity index (χ2n) is 2.73. The molecule has 1 nitrogen and oxygen atoms in total. The molecule has 0 aliphatic heterocycles. The monoisotopic (exact) mass is 153 g/mol. The van der Waals surface area contributed by atoms with E-state index in [9.17, 15) is 4.39 Å². The van der Waals surface area contributed by atoms with E-state index in [1.165, 1.54) is 6.92 Å². The number of halogens is 1. The van der Waals surface area contributed by atoms with Crippen LogP contribution in [0.25, 0.3) is 0 Å². The molecule has 1 rings (SSSR count). The maximum atomic E-state index is 12.7. The van der Waals surface area contributed by atoms with Crippen molar-refractivity contribution in [3.63, 3.8) is 0 Å². The van der Waals surface area contributed by atoms with Gasteiger partial charge >= 0.3 is 0 Å². The average molecular weight is 153 g/mol. The number of rotatable bonds is 1. The topological polar surface area (TPSA) is 26.0 Å². The molecule has 1 aromatic carbocycles. The Morgan fingerprint density at radius 1 is 1.45 bits per heavy atom. The second-order valence-corrected chi connectivity index (χ2v) is 2.73. The lowest BCUT2D eigenvalue weighted by Gasteiger charge is -2.04. The first-order chi connectivity index (χ1) is 5.11. The summed E-state index contributed by atoms with van der Waals surface area (Å²) < 4.78 is 12.7. The molecular formula is C9H12FN. The second kappa shape index (κ2) is 2.91. The van der Waals surface area contributed by atoms with E-state index in [1.807, 2.05) is 6.92 Å². The van der Waals surface area contributed by atoms with Gasteiger partial charge in [-0.15, -0.1) is 0 Å². The highest BCUT2D eigenvalue weighted by atomic mass is 19.1. The minimum absolute atomic E-state index is 0.691. The molecule has 0 saturated heterocycles. The van der Waals surface area contributed by atoms with Crippen molar-refractivity contribution in [1.82, 2.24) is 0 Å². The van der Waals surface area contributed by atoms with E-state index in [0.717, 1.165) is 11.3 Å². The predicted octanol–water partition coefficient (Wildman–Crippen LogP) is 2.61. The predicted molar refractivity (Wildman–Crippen MR) is 45.1 cm³/mol. The van der Waals surface area contributed by atoms with Crippen molar-refractivity contribution >= 4 is 5.69 Å². The molecule has 0 aliphatic carbocycles. The van der Waals surface area contributed by atoms with Gasteiger partial charge in [0, 0.05) is 5.69 Å². The van der Waals surface area contributed by atoms with Crippen LogP contribution >= 0.6 is 0 Å². The highest BCUT2D eigenvalue weighted by Gasteiger charge is 2.02. The van der Waals surface area contributed by atoms with Gasteiger partial charge in [0.1, 0.15) is 6.17 Å². The third kappa shape index (κ3) is 1.70. The van der Waals surface area contributed by atoms with Crippen molar-refractivity contribution in [2.45, 2.75) is 20.0 Å². The Kier molecular flexibility index (Phi) is 2.13. The lowest BCUT2D eigenvalue weighted by Crippen LogP contribution is -1.92. The standard InChI is InChI=1S/C9H12FN/c1-6-5-8(7(2)10)3-4-9(6)11/h3-5,7H,11H2,1-2H3. The van der Waals surface area contributed by atoms with Crippen molar-refractivity contribution in [2.75, 3.05) is 5.73 Å². The Morgan fingerprint density at radius 3 is 2.55 bits per heavy atom. The SMILES string of the molecule is Cc1cc(C(C)F)ccc1N. The molecule has 1 atom stereocenters. The first kappa shape index (κ1) is 8.05. The van der Waals surface area contributed by atoms with E-state index < -0.39 is 6.17 Å². The van der Waals surface area contributed by atoms with Crippen molar-refractivity contribution in [3.05, 3.63) is 29.3 Å². The van der Waals surface area contributed by atoms with Crippen LogP contribution in [-0.2, 0) is 0 Å². The van der Waals surface area contributed by atoms with E-state index in [-0.39, 0.29) is 0 Å². The van der Waals surface area contributed by atoms with Gasteiger partial charge in [-0.25, -0.2) is 4.39 Å². The van der Waals surface area contributed by atoms with Crippen LogP contribution in [-0.4, -0.2) is 0 Å². The van der Waals surface area contributed by atoms with Crippen LogP contribution in [0.4, 0.5) is 10.1 Å². The van der Waals surface area contributed by atoms with E-state index in [2.05, 4.69) is 0 Å². The molecule has 0 fully saturated rings. The third-order valence-electron chi connectivity index (χ3n) is 1.75. The summed E-state index contributed by atoms with van der Waals surface area (Å²) in [6, 6.07) is 5.23. The number of benzene rings is 1. The van der Waals surface area contributed by atoms with Crippen molar-refractivity contribution in [1.29, 1.82) is 0 Å². The number of hydrogen-bond acceptors (Lipinski definition) is 1. The van der Waals surface area contributed by atoms with Gasteiger partial charge in [0.05, 0.1) is 0 Å². The number of anilines is 1. The van der Waals surface area contributed by atoms with E-state index in [0.29, 0.717) is 5.56 Å². The first-order valence-electron chi connectivity index (χ1n) is 3.61. The molecule has 1 aromatic rings. The van der Waals surface area contributed by atoms with Gasteiger partial charge in [-0.3, -0.25) is 0 Å². The molecule has 1 unspecified atom stereocenters. The van der Waals surface area contributed by atoms with Gasteiger partial charge in [0.15, 0.2) is 0 Å². The zero-order valence-corrected chi connectivity index (χ0v) is 6.76. The zero-order chi connectivity index (χ0) is 8.43. The van der Waals surface area contributed by atoms with Gasteiger partial charge in [-0.05, 0) is 31.0 Å². The molecule has 0 spiro atoms. The van der Waals surface area contributed by atoms with Crippen LogP contribution in [0.15, 0.2) is 18.2 Å². The first-order valence-corrected chi connectivity index (χ1v) is 3.61. The molecule has 0 aromatic heterocycles. The molecule has 0 radical (unpaired) electrons. The molecule has 0 heterocycles. The lowest BCUT2D eigenvalue weighted by atomic mass is 10.1. The summed E-state index contributed by atoms with van der Waals surface area (Å²) in [4.78, 5) is 0. The summed E-state index contributed by atoms with van der Waals surface area (Å²) in [6.45, 7) is 3.40. The quantitative estimate of drug-likeness (QED) is 0.616. The molecule has 2 N–H and O–H groups in total. The van der Waals surface area contributed by atoms with Gasteiger partial charge in [0.25, 0.3) is 0 Å². The lowest BCUT2D eigenvalue weighted by molar-refractivity contribution is 0.374. The van der Waals surface area contributed by atoms with Gasteiger partial charge in [-0.1, -0.05) is 12.1 Å². The summed E-state index contributed by atoms with van der Waals surface area (Å²) >= 11 is 0. The normalized spacial score (nSPS) is 13.0. The van der Waals surface area contributed by atoms with Crippen molar-refractivity contribution in [2.24, 2.45) is 0 Å². The molecule has 2 heteroatoms. The van der Waals surface area contributed by atoms with E-state index >= 15 is 0 Å². The maximum Gasteiger partial charge on any atom is 0.122 e. The smallest absolute Gasteiger partial charge is 0.122 e. The van der Waals surface area contributed by atoms with E-state index in [1.54, 1.807) is 18.2 Å². The number of aryl methyl sites for hydroxylation is 1. The Hall–Kier alpha value is -1.05. The summed E-state index contributed by atoms with van der Waals surface area (Å²) in [7, 11) is 0. The van der Waals surface area contributed by atoms with Crippen LogP contribution in [0.5, 0.6) is 0 Å². The molecule has 0 amide bonds. The minimum Gasteiger partial charge on any atom is -0.399 e. The van der Waals surface area contributed by atoms with Crippen LogP contribution in [0, 0.1) is 6.92 Å². The Morgan fingerprint density at radius 2 is 2.09 bits per heavy atom. The van der Waals surface area contributed by atoms with Crippen molar-refractivity contribution in [3.8, 4) is 0 Å². The Balaban J connectivity index is 3.05. The Bertz CT molecular complexity index is 256. The molecule has 0 aliphatic rings. The number of nitrogen functional groups attached to an aromatic ring is 1. The number of nitrogens with two attached hydrogens (primary N) is 1. The Labute approximate surface area is 66.0 Å². The fourth-order valence-corrected chi connectivity index (χ4v) is 0.946. The summed E-state index contributed by atoms with van der Waals surface area (Å²) in [5.74, 6) is 0. The van der Waals surface area contributed by atoms with Crippen molar-refractivity contribution < 1.29 is 4.39 Å².